The molecular formula is C13H18F3NO. The molecule has 0 fully saturated rings. The van der Waals surface area contributed by atoms with Crippen molar-refractivity contribution in [2.24, 2.45) is 0 Å². The number of rotatable bonds is 5. The molecule has 0 saturated carbocycles. The Morgan fingerprint density at radius 1 is 1.28 bits per heavy atom. The van der Waals surface area contributed by atoms with Gasteiger partial charge in [0.15, 0.2) is 0 Å². The maximum Gasteiger partial charge on any atom is 0.416 e. The molecule has 0 aliphatic carbocycles. The Hall–Kier alpha value is -1.07. The van der Waals surface area contributed by atoms with Gasteiger partial charge in [-0.1, -0.05) is 18.2 Å². The standard InChI is InChI=1S/C13H18F3NO/c1-9(18-3)8-12(17-2)10-6-4-5-7-11(10)13(14,15)16/h4-7,9,12,17H,8H2,1-3H3. The first-order valence-electron chi connectivity index (χ1n) is 5.76. The van der Waals surface area contributed by atoms with Crippen molar-refractivity contribution < 1.29 is 17.9 Å². The highest BCUT2D eigenvalue weighted by Gasteiger charge is 2.34. The third-order valence-electron chi connectivity index (χ3n) is 2.96. The first kappa shape index (κ1) is 15.0. The largest absolute Gasteiger partial charge is 0.416 e. The van der Waals surface area contributed by atoms with Crippen molar-refractivity contribution in [3.63, 3.8) is 0 Å². The molecule has 0 aromatic heterocycles. The Morgan fingerprint density at radius 3 is 2.39 bits per heavy atom. The summed E-state index contributed by atoms with van der Waals surface area (Å²) in [6, 6.07) is 5.26. The van der Waals surface area contributed by atoms with E-state index in [-0.39, 0.29) is 17.7 Å². The third kappa shape index (κ3) is 3.71. The molecule has 1 N–H and O–H groups in total. The Morgan fingerprint density at radius 2 is 1.89 bits per heavy atom. The maximum absolute atomic E-state index is 12.9. The molecule has 0 amide bonds. The lowest BCUT2D eigenvalue weighted by Gasteiger charge is -2.23. The molecule has 0 saturated heterocycles. The fraction of sp³-hybridized carbons (Fsp3) is 0.538. The molecule has 18 heavy (non-hydrogen) atoms. The molecule has 0 heterocycles. The number of halogens is 3. The first-order valence-corrected chi connectivity index (χ1v) is 5.76. The summed E-state index contributed by atoms with van der Waals surface area (Å²) in [5.74, 6) is 0. The summed E-state index contributed by atoms with van der Waals surface area (Å²) in [4.78, 5) is 0. The Bertz CT molecular complexity index is 379. The van der Waals surface area contributed by atoms with E-state index in [9.17, 15) is 13.2 Å². The maximum atomic E-state index is 12.9. The van der Waals surface area contributed by atoms with Gasteiger partial charge in [-0.05, 0) is 32.0 Å². The zero-order valence-electron chi connectivity index (χ0n) is 10.7. The van der Waals surface area contributed by atoms with Crippen molar-refractivity contribution in [2.45, 2.75) is 31.7 Å². The van der Waals surface area contributed by atoms with Crippen LogP contribution in [-0.2, 0) is 10.9 Å². The molecule has 0 radical (unpaired) electrons. The lowest BCUT2D eigenvalue weighted by atomic mass is 9.96. The average molecular weight is 261 g/mol. The average Bonchev–Trinajstić information content (AvgIpc) is 2.34. The zero-order chi connectivity index (χ0) is 13.8. The van der Waals surface area contributed by atoms with Gasteiger partial charge in [-0.2, -0.15) is 13.2 Å². The molecule has 0 aliphatic rings. The molecule has 2 nitrogen and oxygen atoms in total. The number of benzene rings is 1. The lowest BCUT2D eigenvalue weighted by Crippen LogP contribution is -2.24. The Balaban J connectivity index is 3.06. The quantitative estimate of drug-likeness (QED) is 0.877. The highest BCUT2D eigenvalue weighted by molar-refractivity contribution is 5.32. The summed E-state index contributed by atoms with van der Waals surface area (Å²) in [7, 11) is 3.20. The first-order chi connectivity index (χ1) is 8.40. The number of hydrogen-bond acceptors (Lipinski definition) is 2. The van der Waals surface area contributed by atoms with Gasteiger partial charge in [-0.25, -0.2) is 0 Å². The van der Waals surface area contributed by atoms with E-state index >= 15 is 0 Å². The fourth-order valence-corrected chi connectivity index (χ4v) is 1.89. The van der Waals surface area contributed by atoms with Gasteiger partial charge in [0.05, 0.1) is 11.7 Å². The summed E-state index contributed by atoms with van der Waals surface area (Å²) in [5, 5.41) is 2.92. The summed E-state index contributed by atoms with van der Waals surface area (Å²) in [5.41, 5.74) is -0.330. The van der Waals surface area contributed by atoms with Crippen LogP contribution in [-0.4, -0.2) is 20.3 Å². The Kier molecular flexibility index (Phi) is 5.16. The van der Waals surface area contributed by atoms with Crippen LogP contribution in [0.25, 0.3) is 0 Å². The van der Waals surface area contributed by atoms with Crippen LogP contribution >= 0.6 is 0 Å². The van der Waals surface area contributed by atoms with Crippen LogP contribution in [0.4, 0.5) is 13.2 Å². The van der Waals surface area contributed by atoms with Crippen molar-refractivity contribution in [1.82, 2.24) is 5.32 Å². The van der Waals surface area contributed by atoms with Crippen LogP contribution in [0.2, 0.25) is 0 Å². The van der Waals surface area contributed by atoms with Gasteiger partial charge < -0.3 is 10.1 Å². The molecule has 0 spiro atoms. The minimum atomic E-state index is -4.33. The van der Waals surface area contributed by atoms with Gasteiger partial charge in [0.25, 0.3) is 0 Å². The number of alkyl halides is 3. The summed E-state index contributed by atoms with van der Waals surface area (Å²) < 4.78 is 43.8. The highest BCUT2D eigenvalue weighted by atomic mass is 19.4. The Labute approximate surface area is 105 Å². The minimum absolute atomic E-state index is 0.108. The van der Waals surface area contributed by atoms with Crippen LogP contribution in [0, 0.1) is 0 Å². The molecule has 0 bridgehead atoms. The van der Waals surface area contributed by atoms with Crippen LogP contribution in [0.1, 0.15) is 30.5 Å². The lowest BCUT2D eigenvalue weighted by molar-refractivity contribution is -0.138. The van der Waals surface area contributed by atoms with Crippen LogP contribution in [0.3, 0.4) is 0 Å². The monoisotopic (exact) mass is 261 g/mol. The molecule has 1 aromatic carbocycles. The van der Waals surface area contributed by atoms with Crippen molar-refractivity contribution in [1.29, 1.82) is 0 Å². The van der Waals surface area contributed by atoms with Gasteiger partial charge >= 0.3 is 6.18 Å². The van der Waals surface area contributed by atoms with E-state index in [4.69, 9.17) is 4.74 Å². The number of nitrogens with one attached hydrogen (secondary N) is 1. The summed E-state index contributed by atoms with van der Waals surface area (Å²) in [6.45, 7) is 1.83. The van der Waals surface area contributed by atoms with E-state index in [2.05, 4.69) is 5.32 Å². The second-order valence-corrected chi connectivity index (χ2v) is 4.21. The molecule has 2 atom stereocenters. The van der Waals surface area contributed by atoms with Crippen molar-refractivity contribution in [2.75, 3.05) is 14.2 Å². The highest BCUT2D eigenvalue weighted by Crippen LogP contribution is 2.35. The van der Waals surface area contributed by atoms with Crippen molar-refractivity contribution in [3.8, 4) is 0 Å². The second kappa shape index (κ2) is 6.20. The molecule has 1 rings (SSSR count). The predicted molar refractivity (Wildman–Crippen MR) is 64.3 cm³/mol. The molecule has 102 valence electrons. The SMILES string of the molecule is CNC(CC(C)OC)c1ccccc1C(F)(F)F. The van der Waals surface area contributed by atoms with Gasteiger partial charge in [-0.15, -0.1) is 0 Å². The van der Waals surface area contributed by atoms with Crippen LogP contribution in [0.5, 0.6) is 0 Å². The zero-order valence-corrected chi connectivity index (χ0v) is 10.7. The van der Waals surface area contributed by atoms with Crippen molar-refractivity contribution >= 4 is 0 Å². The molecule has 1 aromatic rings. The predicted octanol–water partition coefficient (Wildman–Crippen LogP) is 3.39. The summed E-state index contributed by atoms with van der Waals surface area (Å²) in [6.07, 6.45) is -3.95. The second-order valence-electron chi connectivity index (χ2n) is 4.21. The number of ether oxygens (including phenoxy) is 1. The van der Waals surface area contributed by atoms with Gasteiger partial charge in [-0.3, -0.25) is 0 Å². The molecule has 2 unspecified atom stereocenters. The fourth-order valence-electron chi connectivity index (χ4n) is 1.89. The number of hydrogen-bond donors (Lipinski definition) is 1. The smallest absolute Gasteiger partial charge is 0.382 e. The van der Waals surface area contributed by atoms with E-state index in [1.54, 1.807) is 20.2 Å². The van der Waals surface area contributed by atoms with Gasteiger partial charge in [0.2, 0.25) is 0 Å². The van der Waals surface area contributed by atoms with E-state index in [0.29, 0.717) is 6.42 Å². The topological polar surface area (TPSA) is 21.3 Å². The van der Waals surface area contributed by atoms with E-state index in [1.165, 1.54) is 12.1 Å². The van der Waals surface area contributed by atoms with Gasteiger partial charge in [0, 0.05) is 13.2 Å². The number of methoxy groups -OCH3 is 1. The van der Waals surface area contributed by atoms with E-state index in [0.717, 1.165) is 6.07 Å². The minimum Gasteiger partial charge on any atom is -0.382 e. The molecule has 5 heteroatoms. The van der Waals surface area contributed by atoms with Crippen molar-refractivity contribution in [3.05, 3.63) is 35.4 Å². The summed E-state index contributed by atoms with van der Waals surface area (Å²) >= 11 is 0. The van der Waals surface area contributed by atoms with Gasteiger partial charge in [0.1, 0.15) is 0 Å². The van der Waals surface area contributed by atoms with Crippen LogP contribution in [0.15, 0.2) is 24.3 Å². The normalized spacial score (nSPS) is 15.4. The molecular weight excluding hydrogens is 243 g/mol. The van der Waals surface area contributed by atoms with E-state index in [1.807, 2.05) is 6.92 Å². The van der Waals surface area contributed by atoms with Crippen LogP contribution < -0.4 is 5.32 Å². The molecule has 0 aliphatic heterocycles. The third-order valence-corrected chi connectivity index (χ3v) is 2.96. The van der Waals surface area contributed by atoms with E-state index < -0.39 is 11.7 Å².